The second-order valence-corrected chi connectivity index (χ2v) is 3.07. The molecule has 0 saturated carbocycles. The van der Waals surface area contributed by atoms with E-state index in [0.29, 0.717) is 10.9 Å². The zero-order valence-corrected chi connectivity index (χ0v) is 7.92. The van der Waals surface area contributed by atoms with Crippen molar-refractivity contribution in [1.82, 2.24) is 4.68 Å². The summed E-state index contributed by atoms with van der Waals surface area (Å²) in [5.41, 5.74) is 11.2. The van der Waals surface area contributed by atoms with Crippen LogP contribution in [0.1, 0.15) is 0 Å². The van der Waals surface area contributed by atoms with Gasteiger partial charge in [0.1, 0.15) is 0 Å². The predicted molar refractivity (Wildman–Crippen MR) is 59.4 cm³/mol. The maximum absolute atomic E-state index is 11.5. The summed E-state index contributed by atoms with van der Waals surface area (Å²) in [4.78, 5) is 11.5. The van der Waals surface area contributed by atoms with Crippen LogP contribution in [0.4, 0.5) is 0 Å². The van der Waals surface area contributed by atoms with Crippen molar-refractivity contribution in [3.8, 4) is 0 Å². The van der Waals surface area contributed by atoms with Crippen molar-refractivity contribution in [2.45, 2.75) is 0 Å². The molecule has 5 heteroatoms. The molecule has 0 bridgehead atoms. The average molecular weight is 202 g/mol. The summed E-state index contributed by atoms with van der Waals surface area (Å²) in [6.45, 7) is 0. The van der Waals surface area contributed by atoms with Gasteiger partial charge < -0.3 is 11.5 Å². The molecular formula is C10H10N4O. The highest BCUT2D eigenvalue weighted by molar-refractivity contribution is 5.80. The lowest BCUT2D eigenvalue weighted by Crippen LogP contribution is -2.24. The van der Waals surface area contributed by atoms with Crippen molar-refractivity contribution in [3.63, 3.8) is 0 Å². The number of hydrogen-bond acceptors (Lipinski definition) is 2. The highest BCUT2D eigenvalue weighted by atomic mass is 16.1. The van der Waals surface area contributed by atoms with Gasteiger partial charge in [0.25, 0.3) is 0 Å². The number of rotatable bonds is 1. The first-order valence-corrected chi connectivity index (χ1v) is 4.39. The van der Waals surface area contributed by atoms with Crippen LogP contribution >= 0.6 is 0 Å². The molecule has 1 aromatic heterocycles. The molecule has 4 N–H and O–H groups in total. The van der Waals surface area contributed by atoms with E-state index < -0.39 is 0 Å². The molecule has 0 amide bonds. The number of nitrogens with zero attached hydrogens (tertiary/aromatic N) is 2. The van der Waals surface area contributed by atoms with Crippen LogP contribution in [0.2, 0.25) is 0 Å². The van der Waals surface area contributed by atoms with E-state index >= 15 is 0 Å². The Morgan fingerprint density at radius 2 is 1.93 bits per heavy atom. The summed E-state index contributed by atoms with van der Waals surface area (Å²) < 4.78 is 1.48. The van der Waals surface area contributed by atoms with Gasteiger partial charge in [0.2, 0.25) is 5.96 Å². The third-order valence-electron chi connectivity index (χ3n) is 2.01. The second-order valence-electron chi connectivity index (χ2n) is 3.07. The highest BCUT2D eigenvalue weighted by Crippen LogP contribution is 2.08. The first-order chi connectivity index (χ1) is 7.18. The molecule has 5 nitrogen and oxygen atoms in total. The van der Waals surface area contributed by atoms with Gasteiger partial charge in [0.05, 0.1) is 5.52 Å². The van der Waals surface area contributed by atoms with Crippen LogP contribution in [-0.4, -0.2) is 10.6 Å². The average Bonchev–Trinajstić information content (AvgIpc) is 2.22. The minimum absolute atomic E-state index is 0.0485. The summed E-state index contributed by atoms with van der Waals surface area (Å²) in [6, 6.07) is 8.55. The molecule has 0 fully saturated rings. The molecule has 0 aliphatic rings. The number of nitrogens with two attached hydrogens (primary N) is 2. The minimum Gasteiger partial charge on any atom is -0.369 e. The molecule has 0 saturated heterocycles. The van der Waals surface area contributed by atoms with Gasteiger partial charge >= 0.3 is 0 Å². The summed E-state index contributed by atoms with van der Waals surface area (Å²) in [6.07, 6.45) is 1.53. The van der Waals surface area contributed by atoms with Crippen LogP contribution in [0.15, 0.2) is 46.4 Å². The van der Waals surface area contributed by atoms with E-state index in [9.17, 15) is 4.79 Å². The van der Waals surface area contributed by atoms with Crippen LogP contribution in [-0.2, 0) is 0 Å². The van der Waals surface area contributed by atoms with E-state index in [1.54, 1.807) is 18.2 Å². The Balaban J connectivity index is 2.83. The fraction of sp³-hybridized carbons (Fsp3) is 0. The molecule has 0 atom stereocenters. The molecule has 0 unspecified atom stereocenters. The monoisotopic (exact) mass is 202 g/mol. The molecule has 1 aromatic carbocycles. The van der Waals surface area contributed by atoms with Crippen molar-refractivity contribution < 1.29 is 0 Å². The fourth-order valence-corrected chi connectivity index (χ4v) is 1.40. The zero-order chi connectivity index (χ0) is 10.8. The molecule has 0 radical (unpaired) electrons. The van der Waals surface area contributed by atoms with Crippen molar-refractivity contribution in [1.29, 1.82) is 0 Å². The zero-order valence-electron chi connectivity index (χ0n) is 7.92. The lowest BCUT2D eigenvalue weighted by atomic mass is 10.2. The minimum atomic E-state index is -0.0520. The Labute approximate surface area is 85.6 Å². The molecule has 0 aliphatic carbocycles. The summed E-state index contributed by atoms with van der Waals surface area (Å²) in [5.74, 6) is -0.0520. The molecule has 76 valence electrons. The van der Waals surface area contributed by atoms with Crippen LogP contribution in [0.5, 0.6) is 0 Å². The summed E-state index contributed by atoms with van der Waals surface area (Å²) in [5, 5.41) is 4.47. The van der Waals surface area contributed by atoms with E-state index in [-0.39, 0.29) is 11.4 Å². The van der Waals surface area contributed by atoms with Crippen LogP contribution in [0, 0.1) is 0 Å². The third-order valence-corrected chi connectivity index (χ3v) is 2.01. The van der Waals surface area contributed by atoms with Gasteiger partial charge in [-0.05, 0) is 12.1 Å². The van der Waals surface area contributed by atoms with Crippen LogP contribution in [0.3, 0.4) is 0 Å². The summed E-state index contributed by atoms with van der Waals surface area (Å²) >= 11 is 0. The van der Waals surface area contributed by atoms with Crippen LogP contribution < -0.4 is 16.9 Å². The van der Waals surface area contributed by atoms with Gasteiger partial charge in [-0.25, -0.2) is 4.68 Å². The normalized spacial score (nSPS) is 10.1. The smallest absolute Gasteiger partial charge is 0.209 e. The first kappa shape index (κ1) is 9.26. The van der Waals surface area contributed by atoms with Crippen molar-refractivity contribution in [2.24, 2.45) is 16.6 Å². The predicted octanol–water partition coefficient (Wildman–Crippen LogP) is 0.0380. The third kappa shape index (κ3) is 1.67. The van der Waals surface area contributed by atoms with Crippen molar-refractivity contribution >= 4 is 16.9 Å². The number of pyridine rings is 1. The maximum atomic E-state index is 11.5. The topological polar surface area (TPSA) is 86.4 Å². The van der Waals surface area contributed by atoms with Gasteiger partial charge in [-0.1, -0.05) is 12.1 Å². The van der Waals surface area contributed by atoms with E-state index in [2.05, 4.69) is 5.10 Å². The van der Waals surface area contributed by atoms with Gasteiger partial charge in [-0.15, -0.1) is 5.10 Å². The molecule has 1 heterocycles. The number of hydrogen-bond donors (Lipinski definition) is 2. The Bertz CT molecular complexity index is 581. The van der Waals surface area contributed by atoms with E-state index in [0.717, 1.165) is 0 Å². The lowest BCUT2D eigenvalue weighted by Gasteiger charge is -2.04. The molecular weight excluding hydrogens is 192 g/mol. The number of benzene rings is 1. The number of guanidine groups is 1. The van der Waals surface area contributed by atoms with E-state index in [4.69, 9.17) is 11.5 Å². The Morgan fingerprint density at radius 1 is 1.20 bits per heavy atom. The van der Waals surface area contributed by atoms with Gasteiger partial charge in [0.15, 0.2) is 5.43 Å². The SMILES string of the molecule is NC(N)=Nn1ccc(=O)c2ccccc21. The number of aromatic nitrogens is 1. The molecule has 0 spiro atoms. The Hall–Kier alpha value is -2.30. The van der Waals surface area contributed by atoms with E-state index in [1.807, 2.05) is 6.07 Å². The molecule has 15 heavy (non-hydrogen) atoms. The molecule has 2 rings (SSSR count). The first-order valence-electron chi connectivity index (χ1n) is 4.39. The quantitative estimate of drug-likeness (QED) is 0.505. The largest absolute Gasteiger partial charge is 0.369 e. The molecule has 0 aliphatic heterocycles. The fourth-order valence-electron chi connectivity index (χ4n) is 1.40. The standard InChI is InChI=1S/C10H10N4O/c11-10(12)13-14-6-5-9(15)7-3-1-2-4-8(7)14/h1-6H,(H4,11,12,13). The van der Waals surface area contributed by atoms with Gasteiger partial charge in [-0.3, -0.25) is 4.79 Å². The Morgan fingerprint density at radius 3 is 2.67 bits per heavy atom. The van der Waals surface area contributed by atoms with E-state index in [1.165, 1.54) is 16.9 Å². The molecule has 2 aromatic rings. The second kappa shape index (κ2) is 3.45. The van der Waals surface area contributed by atoms with Crippen molar-refractivity contribution in [2.75, 3.05) is 0 Å². The maximum Gasteiger partial charge on any atom is 0.209 e. The lowest BCUT2D eigenvalue weighted by molar-refractivity contribution is 0.902. The highest BCUT2D eigenvalue weighted by Gasteiger charge is 2.00. The summed E-state index contributed by atoms with van der Waals surface area (Å²) in [7, 11) is 0. The van der Waals surface area contributed by atoms with Gasteiger partial charge in [0, 0.05) is 17.6 Å². The number of fused-ring (bicyclic) bond motifs is 1. The number of para-hydroxylation sites is 1. The van der Waals surface area contributed by atoms with Gasteiger partial charge in [-0.2, -0.15) is 0 Å². The van der Waals surface area contributed by atoms with Crippen molar-refractivity contribution in [3.05, 3.63) is 46.8 Å². The van der Waals surface area contributed by atoms with Crippen LogP contribution in [0.25, 0.3) is 10.9 Å². The Kier molecular flexibility index (Phi) is 2.13.